The van der Waals surface area contributed by atoms with Crippen molar-refractivity contribution in [1.29, 1.82) is 0 Å². The Bertz CT molecular complexity index is 1220. The molecular formula is C36H56O4S2. The smallest absolute Gasteiger partial charge is 0.305 e. The lowest BCUT2D eigenvalue weighted by molar-refractivity contribution is -0.140. The number of ether oxygens (including phenoxy) is 1. The van der Waals surface area contributed by atoms with Gasteiger partial charge < -0.3 is 14.9 Å². The molecule has 0 amide bonds. The van der Waals surface area contributed by atoms with E-state index in [4.69, 9.17) is 4.74 Å². The van der Waals surface area contributed by atoms with Gasteiger partial charge in [-0.25, -0.2) is 0 Å². The number of thioether (sulfide) groups is 2. The standard InChI is InChI=1S/C36H56O4S2/c1-32(2,3)25-19-23(20-26(30(25)38)33(4,5)6)41-36(12,13)42-24-21-27(34(7,8)9)31(39)28(22-24)35(10,11)18-16-15-17-29(37)40-14/h19-22,38-39H,15-18H2,1-14H3. The number of carbonyl (C=O) groups is 1. The molecule has 2 aromatic carbocycles. The Morgan fingerprint density at radius 1 is 0.643 bits per heavy atom. The van der Waals surface area contributed by atoms with Crippen molar-refractivity contribution in [3.8, 4) is 11.5 Å². The Labute approximate surface area is 264 Å². The highest BCUT2D eigenvalue weighted by Gasteiger charge is 2.32. The van der Waals surface area contributed by atoms with Crippen LogP contribution in [-0.2, 0) is 31.2 Å². The second-order valence-electron chi connectivity index (χ2n) is 15.8. The van der Waals surface area contributed by atoms with Crippen LogP contribution in [0.5, 0.6) is 11.5 Å². The second kappa shape index (κ2) is 13.1. The van der Waals surface area contributed by atoms with Gasteiger partial charge in [-0.2, -0.15) is 0 Å². The third-order valence-electron chi connectivity index (χ3n) is 7.71. The largest absolute Gasteiger partial charge is 0.507 e. The van der Waals surface area contributed by atoms with Crippen LogP contribution in [0.25, 0.3) is 0 Å². The van der Waals surface area contributed by atoms with Crippen molar-refractivity contribution in [3.05, 3.63) is 46.5 Å². The number of unbranched alkanes of at least 4 members (excludes halogenated alkanes) is 1. The number of methoxy groups -OCH3 is 1. The first-order valence-corrected chi connectivity index (χ1v) is 16.7. The van der Waals surface area contributed by atoms with Gasteiger partial charge in [-0.05, 0) is 72.6 Å². The van der Waals surface area contributed by atoms with E-state index < -0.39 is 0 Å². The fourth-order valence-corrected chi connectivity index (χ4v) is 7.81. The number of hydrogen-bond donors (Lipinski definition) is 2. The van der Waals surface area contributed by atoms with Crippen LogP contribution >= 0.6 is 23.5 Å². The molecule has 2 rings (SSSR count). The zero-order chi connectivity index (χ0) is 32.5. The summed E-state index contributed by atoms with van der Waals surface area (Å²) in [6, 6.07) is 8.61. The molecule has 0 spiro atoms. The molecule has 0 aliphatic carbocycles. The van der Waals surface area contributed by atoms with E-state index in [2.05, 4.69) is 114 Å². The lowest BCUT2D eigenvalue weighted by atomic mass is 9.76. The van der Waals surface area contributed by atoms with Gasteiger partial charge in [0.25, 0.3) is 0 Å². The maximum absolute atomic E-state index is 11.6. The first kappa shape index (κ1) is 36.4. The van der Waals surface area contributed by atoms with Gasteiger partial charge in [0, 0.05) is 38.5 Å². The molecule has 0 atom stereocenters. The Balaban J connectivity index is 2.50. The first-order valence-electron chi connectivity index (χ1n) is 15.1. The molecule has 0 radical (unpaired) electrons. The Morgan fingerprint density at radius 3 is 1.36 bits per heavy atom. The van der Waals surface area contributed by atoms with Crippen LogP contribution in [0, 0.1) is 0 Å². The Morgan fingerprint density at radius 2 is 1.00 bits per heavy atom. The lowest BCUT2D eigenvalue weighted by Crippen LogP contribution is -2.21. The number of phenols is 2. The van der Waals surface area contributed by atoms with Crippen molar-refractivity contribution in [2.45, 2.75) is 151 Å². The summed E-state index contributed by atoms with van der Waals surface area (Å²) in [5, 5.41) is 22.7. The average Bonchev–Trinajstić information content (AvgIpc) is 2.81. The molecule has 236 valence electrons. The van der Waals surface area contributed by atoms with Crippen LogP contribution in [0.3, 0.4) is 0 Å². The van der Waals surface area contributed by atoms with Gasteiger partial charge >= 0.3 is 5.97 Å². The highest BCUT2D eigenvalue weighted by Crippen LogP contribution is 2.51. The molecule has 0 bridgehead atoms. The number of carbonyl (C=O) groups excluding carboxylic acids is 1. The molecule has 0 aromatic heterocycles. The van der Waals surface area contributed by atoms with Gasteiger partial charge in [0.2, 0.25) is 0 Å². The minimum atomic E-state index is -0.270. The second-order valence-corrected chi connectivity index (χ2v) is 19.4. The zero-order valence-electron chi connectivity index (χ0n) is 28.7. The summed E-state index contributed by atoms with van der Waals surface area (Å²) in [5.74, 6) is 0.594. The molecule has 0 saturated carbocycles. The number of aromatic hydroxyl groups is 2. The summed E-state index contributed by atoms with van der Waals surface area (Å²) in [7, 11) is 1.43. The van der Waals surface area contributed by atoms with Crippen LogP contribution in [-0.4, -0.2) is 27.4 Å². The third-order valence-corrected chi connectivity index (χ3v) is 10.1. The summed E-state index contributed by atoms with van der Waals surface area (Å²) in [4.78, 5) is 13.9. The first-order chi connectivity index (χ1) is 18.9. The Kier molecular flexibility index (Phi) is 11.3. The minimum absolute atomic E-state index is 0.179. The van der Waals surface area contributed by atoms with Crippen LogP contribution in [0.2, 0.25) is 0 Å². The average molecular weight is 617 g/mol. The van der Waals surface area contributed by atoms with Crippen LogP contribution in [0.15, 0.2) is 34.1 Å². The van der Waals surface area contributed by atoms with Crippen molar-refractivity contribution >= 4 is 29.5 Å². The molecule has 0 aliphatic heterocycles. The van der Waals surface area contributed by atoms with E-state index in [0.29, 0.717) is 17.9 Å². The molecule has 0 heterocycles. The normalized spacial score (nSPS) is 13.4. The summed E-state index contributed by atoms with van der Waals surface area (Å²) in [6.45, 7) is 28.1. The molecule has 4 nitrogen and oxygen atoms in total. The summed E-state index contributed by atoms with van der Waals surface area (Å²) in [5.41, 5.74) is 2.96. The number of hydrogen-bond acceptors (Lipinski definition) is 6. The van der Waals surface area contributed by atoms with E-state index in [1.165, 1.54) is 7.11 Å². The monoisotopic (exact) mass is 616 g/mol. The lowest BCUT2D eigenvalue weighted by Gasteiger charge is -2.32. The predicted molar refractivity (Wildman–Crippen MR) is 182 cm³/mol. The van der Waals surface area contributed by atoms with Crippen molar-refractivity contribution in [3.63, 3.8) is 0 Å². The van der Waals surface area contributed by atoms with E-state index in [1.54, 1.807) is 11.8 Å². The highest BCUT2D eigenvalue weighted by atomic mass is 32.2. The van der Waals surface area contributed by atoms with E-state index >= 15 is 0 Å². The maximum atomic E-state index is 11.6. The van der Waals surface area contributed by atoms with E-state index in [9.17, 15) is 15.0 Å². The van der Waals surface area contributed by atoms with Gasteiger partial charge in [-0.1, -0.05) is 82.6 Å². The summed E-state index contributed by atoms with van der Waals surface area (Å²) >= 11 is 3.61. The van der Waals surface area contributed by atoms with Crippen LogP contribution < -0.4 is 0 Å². The zero-order valence-corrected chi connectivity index (χ0v) is 30.3. The minimum Gasteiger partial charge on any atom is -0.507 e. The number of phenolic OH excluding ortho intramolecular Hbond substituents is 2. The molecule has 0 fully saturated rings. The number of rotatable bonds is 10. The van der Waals surface area contributed by atoms with Crippen LogP contribution in [0.1, 0.15) is 138 Å². The van der Waals surface area contributed by atoms with Gasteiger partial charge in [-0.3, -0.25) is 4.79 Å². The quantitative estimate of drug-likeness (QED) is 0.120. The molecule has 6 heteroatoms. The maximum Gasteiger partial charge on any atom is 0.305 e. The summed E-state index contributed by atoms with van der Waals surface area (Å²) < 4.78 is 4.57. The van der Waals surface area contributed by atoms with Crippen molar-refractivity contribution in [1.82, 2.24) is 0 Å². The van der Waals surface area contributed by atoms with E-state index in [0.717, 1.165) is 51.3 Å². The van der Waals surface area contributed by atoms with Gasteiger partial charge in [-0.15, -0.1) is 23.5 Å². The van der Waals surface area contributed by atoms with E-state index in [1.807, 2.05) is 11.8 Å². The van der Waals surface area contributed by atoms with Crippen molar-refractivity contribution < 1.29 is 19.7 Å². The van der Waals surface area contributed by atoms with Crippen molar-refractivity contribution in [2.24, 2.45) is 0 Å². The fraction of sp³-hybridized carbons (Fsp3) is 0.639. The van der Waals surface area contributed by atoms with E-state index in [-0.39, 0.29) is 31.7 Å². The van der Waals surface area contributed by atoms with Crippen molar-refractivity contribution in [2.75, 3.05) is 7.11 Å². The predicted octanol–water partition coefficient (Wildman–Crippen LogP) is 10.6. The molecule has 2 aromatic rings. The number of benzene rings is 2. The Hall–Kier alpha value is -1.79. The third kappa shape index (κ3) is 9.61. The van der Waals surface area contributed by atoms with Gasteiger partial charge in [0.05, 0.1) is 11.2 Å². The topological polar surface area (TPSA) is 66.8 Å². The number of esters is 1. The SMILES string of the molecule is COC(=O)CCCCC(C)(C)c1cc(SC(C)(C)Sc2cc(C(C)(C)C)c(O)c(C(C)(C)C)c2)cc(C(C)(C)C)c1O. The molecule has 0 unspecified atom stereocenters. The molecule has 42 heavy (non-hydrogen) atoms. The molecular weight excluding hydrogens is 561 g/mol. The summed E-state index contributed by atoms with van der Waals surface area (Å²) in [6.07, 6.45) is 2.91. The van der Waals surface area contributed by atoms with Gasteiger partial charge in [0.1, 0.15) is 11.5 Å². The highest BCUT2D eigenvalue weighted by molar-refractivity contribution is 8.18. The molecule has 0 saturated heterocycles. The van der Waals surface area contributed by atoms with Gasteiger partial charge in [0.15, 0.2) is 0 Å². The molecule has 2 N–H and O–H groups in total. The molecule has 0 aliphatic rings. The fourth-order valence-electron chi connectivity index (χ4n) is 5.23. The van der Waals surface area contributed by atoms with Crippen LogP contribution in [0.4, 0.5) is 0 Å².